The molecule has 0 bridgehead atoms. The Morgan fingerprint density at radius 1 is 1.23 bits per heavy atom. The molecule has 0 saturated carbocycles. The van der Waals surface area contributed by atoms with Gasteiger partial charge in [0, 0.05) is 5.56 Å². The van der Waals surface area contributed by atoms with Gasteiger partial charge in [0.1, 0.15) is 30.5 Å². The van der Waals surface area contributed by atoms with Gasteiger partial charge >= 0.3 is 0 Å². The fourth-order valence-electron chi connectivity index (χ4n) is 3.55. The van der Waals surface area contributed by atoms with Crippen LogP contribution >= 0.6 is 0 Å². The third-order valence-electron chi connectivity index (χ3n) is 4.83. The topological polar surface area (TPSA) is 75.2 Å². The molecule has 1 amide bonds. The van der Waals surface area contributed by atoms with Crippen molar-refractivity contribution in [1.29, 1.82) is 0 Å². The van der Waals surface area contributed by atoms with Crippen LogP contribution in [-0.4, -0.2) is 55.9 Å². The minimum atomic E-state index is -0.642. The second-order valence-electron chi connectivity index (χ2n) is 6.62. The molecule has 3 fully saturated rings. The molecule has 7 heteroatoms. The highest BCUT2D eigenvalue weighted by Gasteiger charge is 2.54. The van der Waals surface area contributed by atoms with Gasteiger partial charge in [-0.3, -0.25) is 4.79 Å². The molecule has 26 heavy (non-hydrogen) atoms. The third-order valence-corrected chi connectivity index (χ3v) is 4.83. The van der Waals surface area contributed by atoms with E-state index in [9.17, 15) is 4.79 Å². The van der Waals surface area contributed by atoms with Gasteiger partial charge in [-0.2, -0.15) is 0 Å². The van der Waals surface area contributed by atoms with Gasteiger partial charge in [-0.25, -0.2) is 0 Å². The van der Waals surface area contributed by atoms with Crippen molar-refractivity contribution in [1.82, 2.24) is 5.32 Å². The van der Waals surface area contributed by atoms with E-state index in [4.69, 9.17) is 23.7 Å². The molecule has 0 aliphatic carbocycles. The van der Waals surface area contributed by atoms with Crippen LogP contribution in [-0.2, 0) is 28.5 Å². The van der Waals surface area contributed by atoms with Gasteiger partial charge in [0.05, 0.1) is 13.2 Å². The Labute approximate surface area is 152 Å². The molecule has 0 spiro atoms. The molecule has 1 aromatic rings. The molecule has 1 aromatic carbocycles. The first-order chi connectivity index (χ1) is 12.7. The molecule has 1 unspecified atom stereocenters. The lowest BCUT2D eigenvalue weighted by Crippen LogP contribution is -2.71. The molecule has 1 N–H and O–H groups in total. The summed E-state index contributed by atoms with van der Waals surface area (Å²) in [6.45, 7) is 6.04. The largest absolute Gasteiger partial charge is 0.360 e. The predicted octanol–water partition coefficient (Wildman–Crippen LogP) is 1.30. The van der Waals surface area contributed by atoms with Gasteiger partial charge in [-0.15, -0.1) is 6.58 Å². The van der Waals surface area contributed by atoms with Crippen LogP contribution in [0.3, 0.4) is 0 Å². The molecule has 3 saturated heterocycles. The minimum Gasteiger partial charge on any atom is -0.360 e. The number of ether oxygens (including phenoxy) is 5. The molecular formula is C19H23NO6. The van der Waals surface area contributed by atoms with Crippen molar-refractivity contribution in [2.24, 2.45) is 0 Å². The summed E-state index contributed by atoms with van der Waals surface area (Å²) in [6, 6.07) is 9.27. The summed E-state index contributed by atoms with van der Waals surface area (Å²) in [5.41, 5.74) is 0.931. The van der Waals surface area contributed by atoms with Crippen molar-refractivity contribution in [2.75, 3.05) is 13.2 Å². The first kappa shape index (κ1) is 17.6. The lowest BCUT2D eigenvalue weighted by Gasteiger charge is -2.51. The van der Waals surface area contributed by atoms with Crippen LogP contribution < -0.4 is 5.32 Å². The Hall–Kier alpha value is -1.77. The van der Waals surface area contributed by atoms with E-state index < -0.39 is 24.7 Å². The number of benzene rings is 1. The Morgan fingerprint density at radius 2 is 2.04 bits per heavy atom. The van der Waals surface area contributed by atoms with Crippen molar-refractivity contribution in [3.05, 3.63) is 48.6 Å². The Balaban J connectivity index is 1.56. The highest BCUT2D eigenvalue weighted by Crippen LogP contribution is 2.37. The predicted molar refractivity (Wildman–Crippen MR) is 91.1 cm³/mol. The van der Waals surface area contributed by atoms with E-state index in [1.807, 2.05) is 30.3 Å². The Bertz CT molecular complexity index is 653. The smallest absolute Gasteiger partial charge is 0.249 e. The van der Waals surface area contributed by atoms with Crippen molar-refractivity contribution >= 4 is 5.91 Å². The van der Waals surface area contributed by atoms with Crippen LogP contribution in [0.15, 0.2) is 43.0 Å². The second kappa shape index (κ2) is 7.46. The van der Waals surface area contributed by atoms with E-state index >= 15 is 0 Å². The van der Waals surface area contributed by atoms with Crippen LogP contribution in [0.5, 0.6) is 0 Å². The molecule has 3 aliphatic heterocycles. The van der Waals surface area contributed by atoms with Crippen LogP contribution in [0, 0.1) is 0 Å². The number of hydrogen-bond acceptors (Lipinski definition) is 6. The number of rotatable bonds is 4. The van der Waals surface area contributed by atoms with Gasteiger partial charge in [0.2, 0.25) is 5.91 Å². The Morgan fingerprint density at radius 3 is 2.81 bits per heavy atom. The van der Waals surface area contributed by atoms with Crippen LogP contribution in [0.4, 0.5) is 0 Å². The maximum atomic E-state index is 12.1. The van der Waals surface area contributed by atoms with Crippen LogP contribution in [0.25, 0.3) is 0 Å². The number of nitrogens with one attached hydrogen (secondary N) is 1. The van der Waals surface area contributed by atoms with E-state index in [2.05, 4.69) is 11.9 Å². The highest BCUT2D eigenvalue weighted by atomic mass is 16.8. The lowest BCUT2D eigenvalue weighted by molar-refractivity contribution is -0.353. The van der Waals surface area contributed by atoms with Crippen LogP contribution in [0.1, 0.15) is 18.8 Å². The lowest BCUT2D eigenvalue weighted by atomic mass is 9.93. The van der Waals surface area contributed by atoms with Crippen molar-refractivity contribution in [3.63, 3.8) is 0 Å². The van der Waals surface area contributed by atoms with Gasteiger partial charge in [0.25, 0.3) is 0 Å². The molecule has 0 aromatic heterocycles. The van der Waals surface area contributed by atoms with Crippen molar-refractivity contribution < 1.29 is 28.5 Å². The SMILES string of the molecule is C=CCO[C@H]1O[C@@H]2COC(c3ccccc3)O[C@H]2[C@@H]2O[C@H](C)C(=O)N[C@@H]12. The average molecular weight is 361 g/mol. The van der Waals surface area contributed by atoms with E-state index in [-0.39, 0.29) is 24.2 Å². The standard InChI is InChI=1S/C19H23NO6/c1-3-9-22-19-14-16(24-11(2)17(21)20-14)15-13(25-19)10-23-18(26-15)12-7-5-4-6-8-12/h3-8,11,13-16,18-19H,1,9-10H2,2H3,(H,20,21)/t11-,13-,14-,15-,16-,18?,19+/m1/s1. The van der Waals surface area contributed by atoms with Crippen molar-refractivity contribution in [3.8, 4) is 0 Å². The summed E-state index contributed by atoms with van der Waals surface area (Å²) in [6.07, 6.45) is -1.15. The van der Waals surface area contributed by atoms with Crippen molar-refractivity contribution in [2.45, 2.75) is 50.0 Å². The van der Waals surface area contributed by atoms with E-state index in [1.165, 1.54) is 0 Å². The first-order valence-electron chi connectivity index (χ1n) is 8.83. The normalized spacial score (nSPS) is 39.4. The van der Waals surface area contributed by atoms with Gasteiger partial charge in [-0.1, -0.05) is 36.4 Å². The fraction of sp³-hybridized carbons (Fsp3) is 0.526. The molecule has 7 nitrogen and oxygen atoms in total. The molecule has 4 rings (SSSR count). The molecule has 0 radical (unpaired) electrons. The van der Waals surface area contributed by atoms with E-state index in [0.717, 1.165) is 5.56 Å². The maximum Gasteiger partial charge on any atom is 0.249 e. The zero-order valence-corrected chi connectivity index (χ0v) is 14.6. The summed E-state index contributed by atoms with van der Waals surface area (Å²) in [5.74, 6) is -0.188. The zero-order chi connectivity index (χ0) is 18.1. The molecule has 3 aliphatic rings. The monoisotopic (exact) mass is 361 g/mol. The quantitative estimate of drug-likeness (QED) is 0.815. The van der Waals surface area contributed by atoms with E-state index in [1.54, 1.807) is 13.0 Å². The summed E-state index contributed by atoms with van der Waals surface area (Å²) >= 11 is 0. The zero-order valence-electron chi connectivity index (χ0n) is 14.6. The number of carbonyl (C=O) groups excluding carboxylic acids is 1. The number of amides is 1. The van der Waals surface area contributed by atoms with Gasteiger partial charge in [-0.05, 0) is 6.92 Å². The summed E-state index contributed by atoms with van der Waals surface area (Å²) in [4.78, 5) is 12.1. The molecule has 7 atom stereocenters. The number of morpholine rings is 1. The maximum absolute atomic E-state index is 12.1. The fourth-order valence-corrected chi connectivity index (χ4v) is 3.55. The molecule has 3 heterocycles. The molecular weight excluding hydrogens is 338 g/mol. The third kappa shape index (κ3) is 3.28. The van der Waals surface area contributed by atoms with Gasteiger partial charge < -0.3 is 29.0 Å². The van der Waals surface area contributed by atoms with E-state index in [0.29, 0.717) is 13.2 Å². The number of hydrogen-bond donors (Lipinski definition) is 1. The number of fused-ring (bicyclic) bond motifs is 3. The first-order valence-corrected chi connectivity index (χ1v) is 8.83. The minimum absolute atomic E-state index is 0.188. The number of carbonyl (C=O) groups is 1. The Kier molecular flexibility index (Phi) is 5.06. The van der Waals surface area contributed by atoms with Crippen LogP contribution in [0.2, 0.25) is 0 Å². The average Bonchev–Trinajstić information content (AvgIpc) is 2.68. The summed E-state index contributed by atoms with van der Waals surface area (Å²) in [7, 11) is 0. The summed E-state index contributed by atoms with van der Waals surface area (Å²) in [5, 5.41) is 2.95. The molecule has 140 valence electrons. The summed E-state index contributed by atoms with van der Waals surface area (Å²) < 4.78 is 29.7. The van der Waals surface area contributed by atoms with Gasteiger partial charge in [0.15, 0.2) is 12.6 Å². The second-order valence-corrected chi connectivity index (χ2v) is 6.62. The highest BCUT2D eigenvalue weighted by molar-refractivity contribution is 5.81.